The van der Waals surface area contributed by atoms with Crippen LogP contribution in [0.3, 0.4) is 0 Å². The van der Waals surface area contributed by atoms with E-state index >= 15 is 0 Å². The van der Waals surface area contributed by atoms with Crippen LogP contribution < -0.4 is 4.74 Å². The van der Waals surface area contributed by atoms with Crippen LogP contribution in [0.25, 0.3) is 11.1 Å². The first-order valence-corrected chi connectivity index (χ1v) is 8.53. The van der Waals surface area contributed by atoms with E-state index in [0.29, 0.717) is 11.0 Å². The number of halogens is 1. The Hall–Kier alpha value is -1.50. The van der Waals surface area contributed by atoms with E-state index in [4.69, 9.17) is 9.15 Å². The molecule has 1 aromatic heterocycles. The summed E-state index contributed by atoms with van der Waals surface area (Å²) in [5.41, 5.74) is 1.58. The molecule has 3 aromatic rings. The normalized spacial score (nSPS) is 12.5. The highest BCUT2D eigenvalue weighted by Gasteiger charge is 2.10. The third-order valence-electron chi connectivity index (χ3n) is 2.93. The summed E-state index contributed by atoms with van der Waals surface area (Å²) in [5, 5.41) is 10.5. The number of ether oxygens (including phenoxy) is 1. The third kappa shape index (κ3) is 4.03. The van der Waals surface area contributed by atoms with Gasteiger partial charge in [-0.25, -0.2) is 4.98 Å². The molecule has 0 aliphatic heterocycles. The molecular formula is C16H14BrNO3S. The molecule has 2 aromatic carbocycles. The lowest BCUT2D eigenvalue weighted by Gasteiger charge is -2.11. The van der Waals surface area contributed by atoms with Crippen molar-refractivity contribution in [3.8, 4) is 5.75 Å². The third-order valence-corrected chi connectivity index (χ3v) is 4.43. The van der Waals surface area contributed by atoms with Crippen LogP contribution >= 0.6 is 27.7 Å². The summed E-state index contributed by atoms with van der Waals surface area (Å²) < 4.78 is 12.1. The molecule has 1 heterocycles. The number of aliphatic hydroxyl groups excluding tert-OH is 1. The maximum absolute atomic E-state index is 9.98. The molecule has 3 rings (SSSR count). The monoisotopic (exact) mass is 379 g/mol. The van der Waals surface area contributed by atoms with Gasteiger partial charge < -0.3 is 14.3 Å². The van der Waals surface area contributed by atoms with Gasteiger partial charge in [0.2, 0.25) is 0 Å². The van der Waals surface area contributed by atoms with E-state index < -0.39 is 6.10 Å². The second-order valence-electron chi connectivity index (χ2n) is 4.68. The maximum atomic E-state index is 9.98. The SMILES string of the molecule is O[C@H](COc1ccc(Br)cc1)CSc1nc2ccccc2o1. The van der Waals surface area contributed by atoms with Crippen molar-refractivity contribution in [1.82, 2.24) is 4.98 Å². The Balaban J connectivity index is 1.49. The fourth-order valence-corrected chi connectivity index (χ4v) is 2.86. The van der Waals surface area contributed by atoms with Crippen molar-refractivity contribution < 1.29 is 14.3 Å². The molecule has 6 heteroatoms. The lowest BCUT2D eigenvalue weighted by Crippen LogP contribution is -2.20. The minimum absolute atomic E-state index is 0.231. The van der Waals surface area contributed by atoms with E-state index in [1.54, 1.807) is 0 Å². The van der Waals surface area contributed by atoms with Crippen molar-refractivity contribution in [3.05, 3.63) is 53.0 Å². The molecule has 0 saturated heterocycles. The molecular weight excluding hydrogens is 366 g/mol. The number of aliphatic hydroxyl groups is 1. The molecule has 0 saturated carbocycles. The van der Waals surface area contributed by atoms with Crippen molar-refractivity contribution in [2.75, 3.05) is 12.4 Å². The Bertz CT molecular complexity index is 711. The quantitative estimate of drug-likeness (QED) is 0.652. The van der Waals surface area contributed by atoms with E-state index in [1.807, 2.05) is 48.5 Å². The Morgan fingerprint density at radius 1 is 1.18 bits per heavy atom. The zero-order valence-corrected chi connectivity index (χ0v) is 14.0. The average Bonchev–Trinajstić information content (AvgIpc) is 2.95. The van der Waals surface area contributed by atoms with Gasteiger partial charge in [0.05, 0.1) is 6.10 Å². The Morgan fingerprint density at radius 3 is 2.73 bits per heavy atom. The molecule has 0 aliphatic carbocycles. The van der Waals surface area contributed by atoms with E-state index in [0.717, 1.165) is 21.3 Å². The standard InChI is InChI=1S/C16H14BrNO3S/c17-11-5-7-13(8-6-11)20-9-12(19)10-22-16-18-14-3-1-2-4-15(14)21-16/h1-8,12,19H,9-10H2/t12-/m1/s1. The summed E-state index contributed by atoms with van der Waals surface area (Å²) in [7, 11) is 0. The van der Waals surface area contributed by atoms with Crippen molar-refractivity contribution in [2.45, 2.75) is 11.3 Å². The molecule has 0 unspecified atom stereocenters. The van der Waals surface area contributed by atoms with Crippen LogP contribution in [0, 0.1) is 0 Å². The smallest absolute Gasteiger partial charge is 0.256 e. The highest BCUT2D eigenvalue weighted by molar-refractivity contribution is 9.10. The molecule has 4 nitrogen and oxygen atoms in total. The Labute approximate surface area is 140 Å². The molecule has 0 fully saturated rings. The van der Waals surface area contributed by atoms with E-state index in [2.05, 4.69) is 20.9 Å². The number of aromatic nitrogens is 1. The van der Waals surface area contributed by atoms with E-state index in [1.165, 1.54) is 11.8 Å². The minimum Gasteiger partial charge on any atom is -0.491 e. The number of hydrogen-bond acceptors (Lipinski definition) is 5. The second-order valence-corrected chi connectivity index (χ2v) is 6.56. The molecule has 114 valence electrons. The molecule has 1 N–H and O–H groups in total. The van der Waals surface area contributed by atoms with Crippen molar-refractivity contribution in [2.24, 2.45) is 0 Å². The lowest BCUT2D eigenvalue weighted by atomic mass is 10.3. The Kier molecular flexibility index (Phi) is 5.02. The first kappa shape index (κ1) is 15.4. The fraction of sp³-hybridized carbons (Fsp3) is 0.188. The first-order chi connectivity index (χ1) is 10.7. The number of fused-ring (bicyclic) bond motifs is 1. The highest BCUT2D eigenvalue weighted by Crippen LogP contribution is 2.24. The van der Waals surface area contributed by atoms with Gasteiger partial charge in [-0.05, 0) is 36.4 Å². The topological polar surface area (TPSA) is 55.5 Å². The summed E-state index contributed by atoms with van der Waals surface area (Å²) in [5.74, 6) is 1.19. The fourth-order valence-electron chi connectivity index (χ4n) is 1.85. The number of hydrogen-bond donors (Lipinski definition) is 1. The van der Waals surface area contributed by atoms with Gasteiger partial charge in [-0.2, -0.15) is 0 Å². The summed E-state index contributed by atoms with van der Waals surface area (Å²) >= 11 is 4.74. The van der Waals surface area contributed by atoms with Crippen LogP contribution in [0.4, 0.5) is 0 Å². The van der Waals surface area contributed by atoms with Crippen LogP contribution in [-0.4, -0.2) is 28.6 Å². The van der Waals surface area contributed by atoms with Crippen LogP contribution in [-0.2, 0) is 0 Å². The molecule has 0 amide bonds. The van der Waals surface area contributed by atoms with Gasteiger partial charge in [0.25, 0.3) is 5.22 Å². The van der Waals surface area contributed by atoms with E-state index in [9.17, 15) is 5.11 Å². The number of oxazole rings is 1. The van der Waals surface area contributed by atoms with Crippen molar-refractivity contribution in [1.29, 1.82) is 0 Å². The van der Waals surface area contributed by atoms with Gasteiger partial charge in [0, 0.05) is 10.2 Å². The molecule has 0 aliphatic rings. The van der Waals surface area contributed by atoms with Gasteiger partial charge in [-0.3, -0.25) is 0 Å². The lowest BCUT2D eigenvalue weighted by molar-refractivity contribution is 0.126. The van der Waals surface area contributed by atoms with Gasteiger partial charge in [-0.1, -0.05) is 39.8 Å². The van der Waals surface area contributed by atoms with Crippen LogP contribution in [0.15, 0.2) is 62.6 Å². The predicted molar refractivity (Wildman–Crippen MR) is 90.4 cm³/mol. The number of nitrogens with zero attached hydrogens (tertiary/aromatic N) is 1. The second kappa shape index (κ2) is 7.17. The summed E-state index contributed by atoms with van der Waals surface area (Å²) in [4.78, 5) is 4.35. The number of thioether (sulfide) groups is 1. The molecule has 0 radical (unpaired) electrons. The molecule has 0 spiro atoms. The predicted octanol–water partition coefficient (Wildman–Crippen LogP) is 4.12. The van der Waals surface area contributed by atoms with E-state index in [-0.39, 0.29) is 6.61 Å². The summed E-state index contributed by atoms with van der Waals surface area (Å²) in [6.45, 7) is 0.231. The van der Waals surface area contributed by atoms with Crippen molar-refractivity contribution >= 4 is 38.8 Å². The van der Waals surface area contributed by atoms with Crippen LogP contribution in [0.1, 0.15) is 0 Å². The zero-order valence-electron chi connectivity index (χ0n) is 11.6. The molecule has 22 heavy (non-hydrogen) atoms. The molecule has 1 atom stereocenters. The van der Waals surface area contributed by atoms with Gasteiger partial charge in [0.1, 0.15) is 17.9 Å². The number of benzene rings is 2. The van der Waals surface area contributed by atoms with Crippen LogP contribution in [0.2, 0.25) is 0 Å². The number of rotatable bonds is 6. The number of para-hydroxylation sites is 2. The average molecular weight is 380 g/mol. The summed E-state index contributed by atoms with van der Waals surface area (Å²) in [6, 6.07) is 15.1. The Morgan fingerprint density at radius 2 is 1.95 bits per heavy atom. The molecule has 0 bridgehead atoms. The highest BCUT2D eigenvalue weighted by atomic mass is 79.9. The van der Waals surface area contributed by atoms with Gasteiger partial charge in [-0.15, -0.1) is 0 Å². The largest absolute Gasteiger partial charge is 0.491 e. The zero-order chi connectivity index (χ0) is 15.4. The van der Waals surface area contributed by atoms with Gasteiger partial charge >= 0.3 is 0 Å². The summed E-state index contributed by atoms with van der Waals surface area (Å²) in [6.07, 6.45) is -0.594. The maximum Gasteiger partial charge on any atom is 0.256 e. The minimum atomic E-state index is -0.594. The van der Waals surface area contributed by atoms with Gasteiger partial charge in [0.15, 0.2) is 5.58 Å². The first-order valence-electron chi connectivity index (χ1n) is 6.75. The van der Waals surface area contributed by atoms with Crippen LogP contribution in [0.5, 0.6) is 5.75 Å². The van der Waals surface area contributed by atoms with Crippen molar-refractivity contribution in [3.63, 3.8) is 0 Å².